The van der Waals surface area contributed by atoms with Crippen molar-refractivity contribution in [2.45, 2.75) is 12.8 Å². The molecule has 0 amide bonds. The fraction of sp³-hybridized carbons (Fsp3) is 0.273. The summed E-state index contributed by atoms with van der Waals surface area (Å²) in [7, 11) is 0. The van der Waals surface area contributed by atoms with E-state index in [2.05, 4.69) is 20.9 Å². The van der Waals surface area contributed by atoms with Crippen LogP contribution < -0.4 is 5.76 Å². The van der Waals surface area contributed by atoms with Gasteiger partial charge in [0.2, 0.25) is 0 Å². The van der Waals surface area contributed by atoms with Crippen LogP contribution in [0.1, 0.15) is 23.2 Å². The number of ketones is 1. The lowest BCUT2D eigenvalue weighted by molar-refractivity contribution is 0.0983. The van der Waals surface area contributed by atoms with Gasteiger partial charge in [0.25, 0.3) is 0 Å². The van der Waals surface area contributed by atoms with E-state index >= 15 is 0 Å². The molecule has 1 heterocycles. The van der Waals surface area contributed by atoms with Crippen LogP contribution in [0.3, 0.4) is 0 Å². The van der Waals surface area contributed by atoms with E-state index in [0.29, 0.717) is 23.1 Å². The van der Waals surface area contributed by atoms with Crippen molar-refractivity contribution in [3.05, 3.63) is 34.3 Å². The zero-order valence-electron chi connectivity index (χ0n) is 8.46. The molecule has 0 atom stereocenters. The Balaban J connectivity index is 2.43. The number of Topliss-reactive ketones (excluding diaryl/α,β-unsaturated/α-hetero) is 1. The number of nitrogens with one attached hydrogen (secondary N) is 1. The van der Waals surface area contributed by atoms with E-state index in [9.17, 15) is 9.59 Å². The Bertz CT molecular complexity index is 570. The Morgan fingerprint density at radius 3 is 3.00 bits per heavy atom. The van der Waals surface area contributed by atoms with Crippen molar-refractivity contribution in [3.8, 4) is 0 Å². The Kier molecular flexibility index (Phi) is 3.24. The third-order valence-corrected chi connectivity index (χ3v) is 2.85. The highest BCUT2D eigenvalue weighted by Gasteiger charge is 2.12. The van der Waals surface area contributed by atoms with Crippen molar-refractivity contribution in [2.75, 3.05) is 5.33 Å². The molecule has 0 fully saturated rings. The molecule has 0 aliphatic carbocycles. The van der Waals surface area contributed by atoms with Gasteiger partial charge in [-0.1, -0.05) is 22.0 Å². The van der Waals surface area contributed by atoms with E-state index in [0.717, 1.165) is 11.8 Å². The molecule has 0 aliphatic heterocycles. The highest BCUT2D eigenvalue weighted by molar-refractivity contribution is 9.09. The molecule has 84 valence electrons. The van der Waals surface area contributed by atoms with Gasteiger partial charge in [-0.25, -0.2) is 4.79 Å². The lowest BCUT2D eigenvalue weighted by Gasteiger charge is -1.99. The summed E-state index contributed by atoms with van der Waals surface area (Å²) in [5.41, 5.74) is 1.44. The summed E-state index contributed by atoms with van der Waals surface area (Å²) < 4.78 is 4.89. The number of H-pyrrole nitrogens is 1. The standard InChI is InChI=1S/C11H10BrNO3/c12-6-2-4-8(14)7-3-1-5-9-10(7)13-11(15)16-9/h1,3,5H,2,4,6H2,(H,13,15). The normalized spacial score (nSPS) is 10.8. The number of alkyl halides is 1. The maximum absolute atomic E-state index is 11.8. The summed E-state index contributed by atoms with van der Waals surface area (Å²) in [5, 5.41) is 0.788. The second kappa shape index (κ2) is 4.65. The van der Waals surface area contributed by atoms with Gasteiger partial charge in [0.15, 0.2) is 11.4 Å². The first-order valence-electron chi connectivity index (χ1n) is 4.93. The summed E-state index contributed by atoms with van der Waals surface area (Å²) in [4.78, 5) is 25.4. The number of oxazole rings is 1. The Morgan fingerprint density at radius 2 is 2.25 bits per heavy atom. The minimum absolute atomic E-state index is 0.0158. The number of halogens is 1. The second-order valence-corrected chi connectivity index (χ2v) is 4.20. The molecule has 16 heavy (non-hydrogen) atoms. The summed E-state index contributed by atoms with van der Waals surface area (Å²) in [6.45, 7) is 0. The van der Waals surface area contributed by atoms with Crippen molar-refractivity contribution < 1.29 is 9.21 Å². The molecule has 0 spiro atoms. The van der Waals surface area contributed by atoms with Crippen LogP contribution in [0.4, 0.5) is 0 Å². The maximum atomic E-state index is 11.8. The fourth-order valence-corrected chi connectivity index (χ4v) is 1.85. The zero-order chi connectivity index (χ0) is 11.5. The number of hydrogen-bond donors (Lipinski definition) is 1. The zero-order valence-corrected chi connectivity index (χ0v) is 10.0. The third kappa shape index (κ3) is 2.09. The minimum Gasteiger partial charge on any atom is -0.408 e. The van der Waals surface area contributed by atoms with Gasteiger partial charge in [0.05, 0.1) is 5.52 Å². The van der Waals surface area contributed by atoms with Crippen molar-refractivity contribution in [2.24, 2.45) is 0 Å². The van der Waals surface area contributed by atoms with Crippen molar-refractivity contribution in [3.63, 3.8) is 0 Å². The van der Waals surface area contributed by atoms with Crippen LogP contribution in [0, 0.1) is 0 Å². The van der Waals surface area contributed by atoms with E-state index in [-0.39, 0.29) is 5.78 Å². The molecule has 0 bridgehead atoms. The predicted octanol–water partition coefficient (Wildman–Crippen LogP) is 2.48. The largest absolute Gasteiger partial charge is 0.417 e. The van der Waals surface area contributed by atoms with Crippen molar-refractivity contribution in [1.82, 2.24) is 4.98 Å². The number of hydrogen-bond acceptors (Lipinski definition) is 3. The number of aromatic amines is 1. The van der Waals surface area contributed by atoms with Crippen LogP contribution in [-0.4, -0.2) is 16.1 Å². The van der Waals surface area contributed by atoms with E-state index in [1.165, 1.54) is 0 Å². The Labute approximate surface area is 99.8 Å². The van der Waals surface area contributed by atoms with Gasteiger partial charge in [-0.15, -0.1) is 0 Å². The molecule has 2 rings (SSSR count). The van der Waals surface area contributed by atoms with Crippen LogP contribution in [0.2, 0.25) is 0 Å². The lowest BCUT2D eigenvalue weighted by Crippen LogP contribution is -2.01. The molecule has 2 aromatic rings. The van der Waals surface area contributed by atoms with Crippen LogP contribution in [0.15, 0.2) is 27.4 Å². The second-order valence-electron chi connectivity index (χ2n) is 3.41. The molecular weight excluding hydrogens is 274 g/mol. The van der Waals surface area contributed by atoms with E-state index in [1.54, 1.807) is 18.2 Å². The quantitative estimate of drug-likeness (QED) is 0.693. The highest BCUT2D eigenvalue weighted by atomic mass is 79.9. The first-order chi connectivity index (χ1) is 7.72. The molecule has 1 aromatic heterocycles. The monoisotopic (exact) mass is 283 g/mol. The van der Waals surface area contributed by atoms with Gasteiger partial charge in [-0.05, 0) is 18.6 Å². The third-order valence-electron chi connectivity index (χ3n) is 2.29. The number of fused-ring (bicyclic) bond motifs is 1. The number of carbonyl (C=O) groups is 1. The molecule has 1 N–H and O–H groups in total. The van der Waals surface area contributed by atoms with E-state index < -0.39 is 5.76 Å². The summed E-state index contributed by atoms with van der Waals surface area (Å²) in [5.74, 6) is -0.516. The molecule has 0 saturated carbocycles. The summed E-state index contributed by atoms with van der Waals surface area (Å²) in [6, 6.07) is 5.07. The summed E-state index contributed by atoms with van der Waals surface area (Å²) >= 11 is 3.28. The van der Waals surface area contributed by atoms with E-state index in [4.69, 9.17) is 4.42 Å². The topological polar surface area (TPSA) is 63.1 Å². The molecule has 0 aliphatic rings. The number of para-hydroxylation sites is 1. The van der Waals surface area contributed by atoms with Crippen LogP contribution in [-0.2, 0) is 0 Å². The molecule has 0 saturated heterocycles. The summed E-state index contributed by atoms with van der Waals surface area (Å²) in [6.07, 6.45) is 1.23. The van der Waals surface area contributed by atoms with Crippen LogP contribution in [0.25, 0.3) is 11.1 Å². The molecule has 0 radical (unpaired) electrons. The van der Waals surface area contributed by atoms with Gasteiger partial charge < -0.3 is 4.42 Å². The van der Waals surface area contributed by atoms with Crippen molar-refractivity contribution in [1.29, 1.82) is 0 Å². The maximum Gasteiger partial charge on any atom is 0.417 e. The van der Waals surface area contributed by atoms with Gasteiger partial charge in [0, 0.05) is 17.3 Å². The fourth-order valence-electron chi connectivity index (χ4n) is 1.57. The number of carbonyl (C=O) groups excluding carboxylic acids is 1. The predicted molar refractivity (Wildman–Crippen MR) is 64.2 cm³/mol. The first kappa shape index (κ1) is 11.1. The highest BCUT2D eigenvalue weighted by Crippen LogP contribution is 2.17. The number of aromatic nitrogens is 1. The molecule has 1 aromatic carbocycles. The van der Waals surface area contributed by atoms with Gasteiger partial charge in [-0.2, -0.15) is 0 Å². The lowest BCUT2D eigenvalue weighted by atomic mass is 10.1. The molecule has 4 nitrogen and oxygen atoms in total. The Hall–Kier alpha value is -1.36. The molecule has 0 unspecified atom stereocenters. The number of rotatable bonds is 4. The van der Waals surface area contributed by atoms with E-state index in [1.807, 2.05) is 0 Å². The van der Waals surface area contributed by atoms with Crippen LogP contribution >= 0.6 is 15.9 Å². The average molecular weight is 284 g/mol. The first-order valence-corrected chi connectivity index (χ1v) is 6.05. The number of benzene rings is 1. The minimum atomic E-state index is -0.532. The SMILES string of the molecule is O=C(CCCBr)c1cccc2oc(=O)[nH]c12. The Morgan fingerprint density at radius 1 is 1.44 bits per heavy atom. The van der Waals surface area contributed by atoms with Gasteiger partial charge in [0.1, 0.15) is 0 Å². The van der Waals surface area contributed by atoms with Crippen LogP contribution in [0.5, 0.6) is 0 Å². The average Bonchev–Trinajstić information content (AvgIpc) is 2.65. The molecular formula is C11H10BrNO3. The molecule has 5 heteroatoms. The smallest absolute Gasteiger partial charge is 0.408 e. The van der Waals surface area contributed by atoms with Gasteiger partial charge >= 0.3 is 5.76 Å². The van der Waals surface area contributed by atoms with Gasteiger partial charge in [-0.3, -0.25) is 9.78 Å². The van der Waals surface area contributed by atoms with Crippen molar-refractivity contribution >= 4 is 32.8 Å².